The SMILES string of the molecule is Cc1cccc(N(C)C(=O)c2cc(Br)cnc2Cl)c1. The number of halogens is 2. The Bertz CT molecular complexity index is 631. The summed E-state index contributed by atoms with van der Waals surface area (Å²) >= 11 is 9.26. The van der Waals surface area contributed by atoms with Crippen molar-refractivity contribution in [1.82, 2.24) is 4.98 Å². The first-order chi connectivity index (χ1) is 8.99. The van der Waals surface area contributed by atoms with Gasteiger partial charge >= 0.3 is 0 Å². The lowest BCUT2D eigenvalue weighted by Gasteiger charge is -2.18. The summed E-state index contributed by atoms with van der Waals surface area (Å²) in [7, 11) is 1.72. The number of pyridine rings is 1. The van der Waals surface area contributed by atoms with Crippen molar-refractivity contribution >= 4 is 39.1 Å². The zero-order valence-electron chi connectivity index (χ0n) is 10.5. The van der Waals surface area contributed by atoms with Crippen LogP contribution in [0.25, 0.3) is 0 Å². The molecular formula is C14H12BrClN2O. The summed E-state index contributed by atoms with van der Waals surface area (Å²) in [6.45, 7) is 1.98. The molecule has 0 fully saturated rings. The molecule has 0 N–H and O–H groups in total. The van der Waals surface area contributed by atoms with Gasteiger partial charge < -0.3 is 4.90 Å². The maximum atomic E-state index is 12.4. The zero-order valence-corrected chi connectivity index (χ0v) is 12.9. The smallest absolute Gasteiger partial charge is 0.261 e. The predicted octanol–water partition coefficient (Wildman–Crippen LogP) is 4.08. The third-order valence-electron chi connectivity index (χ3n) is 2.73. The van der Waals surface area contributed by atoms with E-state index in [2.05, 4.69) is 20.9 Å². The summed E-state index contributed by atoms with van der Waals surface area (Å²) in [5.41, 5.74) is 2.29. The first kappa shape index (κ1) is 14.0. The molecule has 0 bridgehead atoms. The van der Waals surface area contributed by atoms with Crippen LogP contribution in [0.4, 0.5) is 5.69 Å². The van der Waals surface area contributed by atoms with Crippen molar-refractivity contribution < 1.29 is 4.79 Å². The van der Waals surface area contributed by atoms with Gasteiger partial charge in [-0.25, -0.2) is 4.98 Å². The Balaban J connectivity index is 2.36. The molecule has 0 aliphatic rings. The molecule has 2 aromatic rings. The standard InChI is InChI=1S/C14H12BrClN2O/c1-9-4-3-5-11(6-9)18(2)14(19)12-7-10(15)8-17-13(12)16/h3-8H,1-2H3. The minimum Gasteiger partial charge on any atom is -0.311 e. The van der Waals surface area contributed by atoms with E-state index in [0.29, 0.717) is 5.56 Å². The Morgan fingerprint density at radius 2 is 2.11 bits per heavy atom. The number of anilines is 1. The number of aromatic nitrogens is 1. The molecule has 0 spiro atoms. The molecule has 2 rings (SSSR count). The molecule has 1 amide bonds. The molecule has 98 valence electrons. The van der Waals surface area contributed by atoms with Crippen molar-refractivity contribution in [3.05, 3.63) is 57.3 Å². The van der Waals surface area contributed by atoms with Crippen LogP contribution in [0.2, 0.25) is 5.15 Å². The number of hydrogen-bond donors (Lipinski definition) is 0. The lowest BCUT2D eigenvalue weighted by molar-refractivity contribution is 0.0993. The minimum atomic E-state index is -0.190. The van der Waals surface area contributed by atoms with Gasteiger partial charge in [0.15, 0.2) is 0 Å². The van der Waals surface area contributed by atoms with Gasteiger partial charge in [-0.2, -0.15) is 0 Å². The molecule has 0 radical (unpaired) electrons. The third-order valence-corrected chi connectivity index (χ3v) is 3.46. The van der Waals surface area contributed by atoms with Crippen LogP contribution < -0.4 is 4.90 Å². The van der Waals surface area contributed by atoms with Crippen LogP contribution >= 0.6 is 27.5 Å². The maximum absolute atomic E-state index is 12.4. The van der Waals surface area contributed by atoms with Crippen molar-refractivity contribution in [3.8, 4) is 0 Å². The van der Waals surface area contributed by atoms with E-state index in [1.165, 1.54) is 0 Å². The Morgan fingerprint density at radius 1 is 1.37 bits per heavy atom. The van der Waals surface area contributed by atoms with E-state index < -0.39 is 0 Å². The average Bonchev–Trinajstić information content (AvgIpc) is 2.40. The zero-order chi connectivity index (χ0) is 14.0. The van der Waals surface area contributed by atoms with Gasteiger partial charge in [0.25, 0.3) is 5.91 Å². The van der Waals surface area contributed by atoms with Gasteiger partial charge in [-0.1, -0.05) is 23.7 Å². The van der Waals surface area contributed by atoms with Crippen molar-refractivity contribution in [1.29, 1.82) is 0 Å². The normalized spacial score (nSPS) is 10.3. The lowest BCUT2D eigenvalue weighted by atomic mass is 10.2. The van der Waals surface area contributed by atoms with E-state index in [9.17, 15) is 4.79 Å². The first-order valence-electron chi connectivity index (χ1n) is 5.65. The molecule has 0 atom stereocenters. The summed E-state index contributed by atoms with van der Waals surface area (Å²) in [6.07, 6.45) is 1.56. The fraction of sp³-hybridized carbons (Fsp3) is 0.143. The number of nitrogens with zero attached hydrogens (tertiary/aromatic N) is 2. The predicted molar refractivity (Wildman–Crippen MR) is 80.9 cm³/mol. The van der Waals surface area contributed by atoms with Crippen molar-refractivity contribution in [2.24, 2.45) is 0 Å². The molecule has 0 aliphatic heterocycles. The minimum absolute atomic E-state index is 0.190. The van der Waals surface area contributed by atoms with E-state index in [1.807, 2.05) is 31.2 Å². The van der Waals surface area contributed by atoms with Crippen LogP contribution in [0, 0.1) is 6.92 Å². The van der Waals surface area contributed by atoms with Gasteiger partial charge in [0, 0.05) is 23.4 Å². The fourth-order valence-electron chi connectivity index (χ4n) is 1.71. The van der Waals surface area contributed by atoms with Crippen molar-refractivity contribution in [3.63, 3.8) is 0 Å². The summed E-state index contributed by atoms with van der Waals surface area (Å²) in [5, 5.41) is 0.202. The van der Waals surface area contributed by atoms with E-state index >= 15 is 0 Å². The van der Waals surface area contributed by atoms with Crippen LogP contribution in [0.1, 0.15) is 15.9 Å². The molecule has 1 aromatic heterocycles. The number of rotatable bonds is 2. The van der Waals surface area contributed by atoms with Crippen LogP contribution in [-0.2, 0) is 0 Å². The van der Waals surface area contributed by atoms with Gasteiger partial charge in [0.1, 0.15) is 5.15 Å². The second kappa shape index (κ2) is 5.72. The monoisotopic (exact) mass is 338 g/mol. The Kier molecular flexibility index (Phi) is 4.22. The van der Waals surface area contributed by atoms with Gasteiger partial charge in [0.05, 0.1) is 5.56 Å². The molecule has 5 heteroatoms. The summed E-state index contributed by atoms with van der Waals surface area (Å²) in [6, 6.07) is 9.38. The Morgan fingerprint density at radius 3 is 2.79 bits per heavy atom. The van der Waals surface area contributed by atoms with E-state index in [1.54, 1.807) is 24.2 Å². The molecule has 0 unspecified atom stereocenters. The summed E-state index contributed by atoms with van der Waals surface area (Å²) in [5.74, 6) is -0.190. The van der Waals surface area contributed by atoms with Gasteiger partial charge in [0.2, 0.25) is 0 Å². The fourth-order valence-corrected chi connectivity index (χ4v) is 2.22. The lowest BCUT2D eigenvalue weighted by Crippen LogP contribution is -2.26. The molecule has 0 saturated heterocycles. The average molecular weight is 340 g/mol. The number of benzene rings is 1. The Hall–Kier alpha value is -1.39. The number of amides is 1. The number of carbonyl (C=O) groups excluding carboxylic acids is 1. The topological polar surface area (TPSA) is 33.2 Å². The molecule has 19 heavy (non-hydrogen) atoms. The van der Waals surface area contributed by atoms with Crippen LogP contribution in [0.15, 0.2) is 41.0 Å². The van der Waals surface area contributed by atoms with Crippen molar-refractivity contribution in [2.75, 3.05) is 11.9 Å². The van der Waals surface area contributed by atoms with E-state index in [-0.39, 0.29) is 11.1 Å². The maximum Gasteiger partial charge on any atom is 0.261 e. The van der Waals surface area contributed by atoms with Crippen LogP contribution in [0.3, 0.4) is 0 Å². The summed E-state index contributed by atoms with van der Waals surface area (Å²) < 4.78 is 0.720. The number of aryl methyl sites for hydroxylation is 1. The largest absolute Gasteiger partial charge is 0.311 e. The second-order valence-corrected chi connectivity index (χ2v) is 5.47. The summed E-state index contributed by atoms with van der Waals surface area (Å²) in [4.78, 5) is 17.9. The molecular weight excluding hydrogens is 328 g/mol. The molecule has 1 heterocycles. The number of hydrogen-bond acceptors (Lipinski definition) is 2. The van der Waals surface area contributed by atoms with Gasteiger partial charge in [-0.05, 0) is 46.6 Å². The highest BCUT2D eigenvalue weighted by molar-refractivity contribution is 9.10. The van der Waals surface area contributed by atoms with E-state index in [0.717, 1.165) is 15.7 Å². The van der Waals surface area contributed by atoms with Gasteiger partial charge in [-0.3, -0.25) is 4.79 Å². The molecule has 0 aliphatic carbocycles. The highest BCUT2D eigenvalue weighted by Crippen LogP contribution is 2.22. The quantitative estimate of drug-likeness (QED) is 0.772. The molecule has 3 nitrogen and oxygen atoms in total. The van der Waals surface area contributed by atoms with Crippen molar-refractivity contribution in [2.45, 2.75) is 6.92 Å². The highest BCUT2D eigenvalue weighted by atomic mass is 79.9. The molecule has 0 saturated carbocycles. The van der Waals surface area contributed by atoms with Crippen LogP contribution in [0.5, 0.6) is 0 Å². The molecule has 1 aromatic carbocycles. The second-order valence-electron chi connectivity index (χ2n) is 4.20. The number of carbonyl (C=O) groups is 1. The van der Waals surface area contributed by atoms with Gasteiger partial charge in [-0.15, -0.1) is 0 Å². The van der Waals surface area contributed by atoms with Crippen LogP contribution in [-0.4, -0.2) is 17.9 Å². The van der Waals surface area contributed by atoms with E-state index in [4.69, 9.17) is 11.6 Å². The third kappa shape index (κ3) is 3.14. The first-order valence-corrected chi connectivity index (χ1v) is 6.82. The Labute approximate surface area is 125 Å². The highest BCUT2D eigenvalue weighted by Gasteiger charge is 2.17.